The number of hydrogen-bond acceptors (Lipinski definition) is 4. The zero-order valence-electron chi connectivity index (χ0n) is 12.2. The fraction of sp³-hybridized carbons (Fsp3) is 1.00. The molecule has 0 bridgehead atoms. The average molecular weight is 284 g/mol. The standard InChI is InChI=1S/C15H28N2OS/c1-13-10-17(6-9-19-13)12-15(4-7-18-8-5-15)11-16-14-2-3-14/h13-14,16H,2-12H2,1H3. The van der Waals surface area contributed by atoms with Gasteiger partial charge in [0.2, 0.25) is 0 Å². The van der Waals surface area contributed by atoms with Crippen LogP contribution in [0.2, 0.25) is 0 Å². The summed E-state index contributed by atoms with van der Waals surface area (Å²) in [6, 6.07) is 0.829. The van der Waals surface area contributed by atoms with Gasteiger partial charge in [-0.15, -0.1) is 0 Å². The van der Waals surface area contributed by atoms with Gasteiger partial charge in [0.1, 0.15) is 0 Å². The first-order valence-electron chi connectivity index (χ1n) is 7.91. The van der Waals surface area contributed by atoms with E-state index in [4.69, 9.17) is 4.74 Å². The summed E-state index contributed by atoms with van der Waals surface area (Å²) in [4.78, 5) is 2.71. The lowest BCUT2D eigenvalue weighted by atomic mass is 9.79. The van der Waals surface area contributed by atoms with Crippen molar-refractivity contribution in [1.82, 2.24) is 10.2 Å². The van der Waals surface area contributed by atoms with Crippen LogP contribution >= 0.6 is 11.8 Å². The Balaban J connectivity index is 1.56. The number of ether oxygens (including phenoxy) is 1. The molecule has 3 aliphatic rings. The smallest absolute Gasteiger partial charge is 0.0472 e. The molecular formula is C15H28N2OS. The molecule has 110 valence electrons. The van der Waals surface area contributed by atoms with Crippen LogP contribution in [-0.2, 0) is 4.74 Å². The molecule has 0 spiro atoms. The number of hydrogen-bond donors (Lipinski definition) is 1. The second-order valence-electron chi connectivity index (χ2n) is 6.68. The third kappa shape index (κ3) is 4.10. The molecule has 3 nitrogen and oxygen atoms in total. The number of nitrogens with zero attached hydrogens (tertiary/aromatic N) is 1. The summed E-state index contributed by atoms with van der Waals surface area (Å²) in [6.07, 6.45) is 5.27. The van der Waals surface area contributed by atoms with Gasteiger partial charge >= 0.3 is 0 Å². The van der Waals surface area contributed by atoms with Crippen LogP contribution in [-0.4, -0.2) is 61.3 Å². The molecule has 1 N–H and O–H groups in total. The molecule has 1 aliphatic carbocycles. The van der Waals surface area contributed by atoms with Crippen LogP contribution in [0.5, 0.6) is 0 Å². The van der Waals surface area contributed by atoms with E-state index in [1.807, 2.05) is 0 Å². The molecule has 0 radical (unpaired) electrons. The first-order valence-corrected chi connectivity index (χ1v) is 8.96. The van der Waals surface area contributed by atoms with Crippen molar-refractivity contribution in [2.45, 2.75) is 43.9 Å². The van der Waals surface area contributed by atoms with Gasteiger partial charge < -0.3 is 15.0 Å². The van der Waals surface area contributed by atoms with E-state index in [0.29, 0.717) is 5.41 Å². The van der Waals surface area contributed by atoms with Gasteiger partial charge in [0.25, 0.3) is 0 Å². The van der Waals surface area contributed by atoms with Crippen LogP contribution in [0.15, 0.2) is 0 Å². The molecule has 1 atom stereocenters. The van der Waals surface area contributed by atoms with Crippen molar-refractivity contribution in [3.8, 4) is 0 Å². The van der Waals surface area contributed by atoms with Crippen molar-refractivity contribution in [1.29, 1.82) is 0 Å². The van der Waals surface area contributed by atoms with Crippen LogP contribution < -0.4 is 5.32 Å². The van der Waals surface area contributed by atoms with Crippen LogP contribution in [0.3, 0.4) is 0 Å². The molecule has 3 rings (SSSR count). The molecule has 2 saturated heterocycles. The predicted molar refractivity (Wildman–Crippen MR) is 81.9 cm³/mol. The summed E-state index contributed by atoms with van der Waals surface area (Å²) in [5.74, 6) is 1.31. The molecule has 4 heteroatoms. The van der Waals surface area contributed by atoms with E-state index in [9.17, 15) is 0 Å². The highest BCUT2D eigenvalue weighted by Crippen LogP contribution is 2.33. The Morgan fingerprint density at radius 2 is 2.11 bits per heavy atom. The summed E-state index contributed by atoms with van der Waals surface area (Å²) >= 11 is 2.13. The highest BCUT2D eigenvalue weighted by molar-refractivity contribution is 7.99. The average Bonchev–Trinajstić information content (AvgIpc) is 3.22. The second kappa shape index (κ2) is 6.33. The third-order valence-corrected chi connectivity index (χ3v) is 5.92. The van der Waals surface area contributed by atoms with Crippen LogP contribution in [0, 0.1) is 5.41 Å². The normalized spacial score (nSPS) is 32.4. The fourth-order valence-corrected chi connectivity index (χ4v) is 4.43. The van der Waals surface area contributed by atoms with Gasteiger partial charge in [-0.1, -0.05) is 6.92 Å². The largest absolute Gasteiger partial charge is 0.381 e. The zero-order chi connectivity index (χ0) is 13.1. The predicted octanol–water partition coefficient (Wildman–Crippen LogP) is 1.97. The van der Waals surface area contributed by atoms with Gasteiger partial charge in [0.05, 0.1) is 0 Å². The van der Waals surface area contributed by atoms with E-state index in [1.165, 1.54) is 57.6 Å². The minimum Gasteiger partial charge on any atom is -0.381 e. The number of thioether (sulfide) groups is 1. The van der Waals surface area contributed by atoms with Crippen molar-refractivity contribution in [3.63, 3.8) is 0 Å². The lowest BCUT2D eigenvalue weighted by Gasteiger charge is -2.43. The highest BCUT2D eigenvalue weighted by Gasteiger charge is 2.36. The molecule has 1 saturated carbocycles. The molecular weight excluding hydrogens is 256 g/mol. The number of nitrogens with one attached hydrogen (secondary N) is 1. The van der Waals surface area contributed by atoms with Gasteiger partial charge in [0, 0.05) is 56.4 Å². The molecule has 1 unspecified atom stereocenters. The molecule has 0 aromatic rings. The Bertz CT molecular complexity index is 290. The van der Waals surface area contributed by atoms with Crippen molar-refractivity contribution in [3.05, 3.63) is 0 Å². The van der Waals surface area contributed by atoms with Crippen LogP contribution in [0.4, 0.5) is 0 Å². The maximum absolute atomic E-state index is 5.61. The lowest BCUT2D eigenvalue weighted by Crippen LogP contribution is -2.50. The molecule has 19 heavy (non-hydrogen) atoms. The molecule has 3 fully saturated rings. The van der Waals surface area contributed by atoms with Crippen LogP contribution in [0.1, 0.15) is 32.6 Å². The molecule has 0 amide bonds. The van der Waals surface area contributed by atoms with E-state index in [0.717, 1.165) is 24.5 Å². The van der Waals surface area contributed by atoms with Gasteiger partial charge in [-0.05, 0) is 31.1 Å². The third-order valence-electron chi connectivity index (χ3n) is 4.78. The topological polar surface area (TPSA) is 24.5 Å². The second-order valence-corrected chi connectivity index (χ2v) is 8.23. The quantitative estimate of drug-likeness (QED) is 0.834. The number of rotatable bonds is 5. The Hall–Kier alpha value is 0.230. The Morgan fingerprint density at radius 3 is 2.79 bits per heavy atom. The molecule has 0 aromatic carbocycles. The van der Waals surface area contributed by atoms with E-state index >= 15 is 0 Å². The van der Waals surface area contributed by atoms with Crippen LogP contribution in [0.25, 0.3) is 0 Å². The van der Waals surface area contributed by atoms with Crippen molar-refractivity contribution >= 4 is 11.8 Å². The van der Waals surface area contributed by atoms with Gasteiger partial charge in [-0.3, -0.25) is 0 Å². The molecule has 2 heterocycles. The summed E-state index contributed by atoms with van der Waals surface area (Å²) < 4.78 is 5.61. The monoisotopic (exact) mass is 284 g/mol. The van der Waals surface area contributed by atoms with E-state index in [1.54, 1.807) is 0 Å². The maximum Gasteiger partial charge on any atom is 0.0472 e. The summed E-state index contributed by atoms with van der Waals surface area (Å²) in [5, 5.41) is 4.59. The Labute approximate surface area is 121 Å². The maximum atomic E-state index is 5.61. The van der Waals surface area contributed by atoms with E-state index < -0.39 is 0 Å². The SMILES string of the molecule is CC1CN(CC2(CNC3CC3)CCOCC2)CCS1. The van der Waals surface area contributed by atoms with Gasteiger partial charge in [0.15, 0.2) is 0 Å². The van der Waals surface area contributed by atoms with Crippen molar-refractivity contribution in [2.75, 3.05) is 45.1 Å². The molecule has 2 aliphatic heterocycles. The first kappa shape index (κ1) is 14.2. The summed E-state index contributed by atoms with van der Waals surface area (Å²) in [6.45, 7) is 9.34. The lowest BCUT2D eigenvalue weighted by molar-refractivity contribution is -0.00392. The first-order chi connectivity index (χ1) is 9.26. The summed E-state index contributed by atoms with van der Waals surface area (Å²) in [5.41, 5.74) is 0.475. The molecule has 0 aromatic heterocycles. The zero-order valence-corrected chi connectivity index (χ0v) is 13.0. The Kier molecular flexibility index (Phi) is 4.73. The Morgan fingerprint density at radius 1 is 1.32 bits per heavy atom. The summed E-state index contributed by atoms with van der Waals surface area (Å²) in [7, 11) is 0. The fourth-order valence-electron chi connectivity index (χ4n) is 3.35. The highest BCUT2D eigenvalue weighted by atomic mass is 32.2. The minimum atomic E-state index is 0.475. The van der Waals surface area contributed by atoms with Gasteiger partial charge in [-0.25, -0.2) is 0 Å². The minimum absolute atomic E-state index is 0.475. The van der Waals surface area contributed by atoms with Crippen molar-refractivity contribution in [2.24, 2.45) is 5.41 Å². The van der Waals surface area contributed by atoms with Crippen molar-refractivity contribution < 1.29 is 4.74 Å². The van der Waals surface area contributed by atoms with E-state index in [2.05, 4.69) is 28.9 Å². The van der Waals surface area contributed by atoms with Gasteiger partial charge in [-0.2, -0.15) is 11.8 Å². The van der Waals surface area contributed by atoms with E-state index in [-0.39, 0.29) is 0 Å².